The number of hydrogen-bond acceptors (Lipinski definition) is 2. The van der Waals surface area contributed by atoms with Crippen molar-refractivity contribution >= 4 is 23.2 Å². The summed E-state index contributed by atoms with van der Waals surface area (Å²) in [5.41, 5.74) is 1.20. The van der Waals surface area contributed by atoms with Crippen LogP contribution in [0, 0.1) is 0 Å². The summed E-state index contributed by atoms with van der Waals surface area (Å²) >= 11 is 12.1. The summed E-state index contributed by atoms with van der Waals surface area (Å²) in [5.74, 6) is 1.34. The van der Waals surface area contributed by atoms with Crippen molar-refractivity contribution in [1.82, 2.24) is 5.32 Å². The lowest BCUT2D eigenvalue weighted by molar-refractivity contribution is 0.482. The summed E-state index contributed by atoms with van der Waals surface area (Å²) in [4.78, 5) is 0. The molecule has 2 aromatic rings. The van der Waals surface area contributed by atoms with E-state index in [-0.39, 0.29) is 0 Å². The minimum atomic E-state index is 0.440. The van der Waals surface area contributed by atoms with E-state index in [0.29, 0.717) is 21.8 Å². The fourth-order valence-electron chi connectivity index (χ4n) is 1.96. The molecule has 3 rings (SSSR count). The van der Waals surface area contributed by atoms with Crippen LogP contribution in [-0.2, 0) is 6.54 Å². The molecule has 0 heterocycles. The number of hydrogen-bond donors (Lipinski definition) is 1. The van der Waals surface area contributed by atoms with Gasteiger partial charge in [-0.3, -0.25) is 0 Å². The van der Waals surface area contributed by atoms with Crippen LogP contribution in [0.15, 0.2) is 42.5 Å². The van der Waals surface area contributed by atoms with Crippen molar-refractivity contribution in [3.63, 3.8) is 0 Å². The van der Waals surface area contributed by atoms with Gasteiger partial charge < -0.3 is 10.1 Å². The number of halogens is 2. The lowest BCUT2D eigenvalue weighted by atomic mass is 10.2. The second kappa shape index (κ2) is 6.04. The van der Waals surface area contributed by atoms with Gasteiger partial charge in [-0.25, -0.2) is 0 Å². The van der Waals surface area contributed by atoms with Crippen LogP contribution in [0.1, 0.15) is 18.4 Å². The molecule has 0 aromatic heterocycles. The average molecular weight is 308 g/mol. The highest BCUT2D eigenvalue weighted by Crippen LogP contribution is 2.34. The van der Waals surface area contributed by atoms with Gasteiger partial charge >= 0.3 is 0 Å². The van der Waals surface area contributed by atoms with Crippen LogP contribution in [-0.4, -0.2) is 6.04 Å². The van der Waals surface area contributed by atoms with Crippen LogP contribution in [0.5, 0.6) is 11.5 Å². The first-order valence-electron chi connectivity index (χ1n) is 6.66. The summed E-state index contributed by atoms with van der Waals surface area (Å²) in [7, 11) is 0. The molecule has 20 heavy (non-hydrogen) atoms. The molecule has 0 spiro atoms. The van der Waals surface area contributed by atoms with Crippen molar-refractivity contribution in [2.75, 3.05) is 0 Å². The zero-order valence-corrected chi connectivity index (χ0v) is 12.4. The molecular formula is C16H15Cl2NO. The molecular weight excluding hydrogens is 293 g/mol. The smallest absolute Gasteiger partial charge is 0.147 e. The maximum atomic E-state index is 6.12. The van der Waals surface area contributed by atoms with Crippen molar-refractivity contribution in [1.29, 1.82) is 0 Å². The Morgan fingerprint density at radius 3 is 2.70 bits per heavy atom. The summed E-state index contributed by atoms with van der Waals surface area (Å²) in [6, 6.07) is 14.1. The van der Waals surface area contributed by atoms with Crippen LogP contribution in [0.25, 0.3) is 0 Å². The Morgan fingerprint density at radius 1 is 1.10 bits per heavy atom. The first kappa shape index (κ1) is 13.7. The van der Waals surface area contributed by atoms with Gasteiger partial charge in [-0.2, -0.15) is 0 Å². The van der Waals surface area contributed by atoms with Crippen molar-refractivity contribution < 1.29 is 4.74 Å². The van der Waals surface area contributed by atoms with Gasteiger partial charge in [0.2, 0.25) is 0 Å². The van der Waals surface area contributed by atoms with Crippen LogP contribution < -0.4 is 10.1 Å². The Morgan fingerprint density at radius 2 is 1.90 bits per heavy atom. The van der Waals surface area contributed by atoms with Gasteiger partial charge in [0.25, 0.3) is 0 Å². The van der Waals surface area contributed by atoms with Crippen molar-refractivity contribution in [3.8, 4) is 11.5 Å². The summed E-state index contributed by atoms with van der Waals surface area (Å²) in [6.07, 6.45) is 2.57. The van der Waals surface area contributed by atoms with E-state index in [1.54, 1.807) is 6.07 Å². The maximum Gasteiger partial charge on any atom is 0.147 e. The number of rotatable bonds is 5. The van der Waals surface area contributed by atoms with Gasteiger partial charge in [0.1, 0.15) is 16.5 Å². The van der Waals surface area contributed by atoms with Crippen LogP contribution in [0.3, 0.4) is 0 Å². The SMILES string of the molecule is Clc1cccc(Oc2cccc(CNC3CC3)c2)c1Cl. The molecule has 0 saturated heterocycles. The summed E-state index contributed by atoms with van der Waals surface area (Å²) < 4.78 is 5.81. The molecule has 2 aromatic carbocycles. The van der Waals surface area contributed by atoms with Gasteiger partial charge in [0, 0.05) is 12.6 Å². The Labute approximate surface area is 128 Å². The van der Waals surface area contributed by atoms with Gasteiger partial charge in [-0.15, -0.1) is 0 Å². The molecule has 0 atom stereocenters. The van der Waals surface area contributed by atoms with Gasteiger partial charge in [-0.05, 0) is 42.7 Å². The molecule has 0 aliphatic heterocycles. The van der Waals surface area contributed by atoms with Gasteiger partial charge in [0.05, 0.1) is 5.02 Å². The maximum absolute atomic E-state index is 6.12. The molecule has 1 N–H and O–H groups in total. The van der Waals surface area contributed by atoms with Crippen LogP contribution in [0.2, 0.25) is 10.0 Å². The average Bonchev–Trinajstić information content (AvgIpc) is 3.26. The van der Waals surface area contributed by atoms with E-state index in [2.05, 4.69) is 11.4 Å². The standard InChI is InChI=1S/C16H15Cl2NO/c17-14-5-2-6-15(16(14)18)20-13-4-1-3-11(9-13)10-19-12-7-8-12/h1-6,9,12,19H,7-8,10H2. The fraction of sp³-hybridized carbons (Fsp3) is 0.250. The van der Waals surface area contributed by atoms with E-state index < -0.39 is 0 Å². The highest BCUT2D eigenvalue weighted by atomic mass is 35.5. The lowest BCUT2D eigenvalue weighted by Gasteiger charge is -2.10. The number of benzene rings is 2. The molecule has 1 aliphatic carbocycles. The third kappa shape index (κ3) is 3.45. The molecule has 1 aliphatic rings. The molecule has 4 heteroatoms. The molecule has 1 saturated carbocycles. The zero-order valence-electron chi connectivity index (χ0n) is 10.9. The summed E-state index contributed by atoms with van der Waals surface area (Å²) in [6.45, 7) is 0.866. The minimum absolute atomic E-state index is 0.440. The summed E-state index contributed by atoms with van der Waals surface area (Å²) in [5, 5.41) is 4.42. The zero-order chi connectivity index (χ0) is 13.9. The highest BCUT2D eigenvalue weighted by Gasteiger charge is 2.19. The first-order chi connectivity index (χ1) is 9.72. The molecule has 0 bridgehead atoms. The highest BCUT2D eigenvalue weighted by molar-refractivity contribution is 6.42. The van der Waals surface area contributed by atoms with Gasteiger partial charge in [0.15, 0.2) is 0 Å². The molecule has 0 unspecified atom stereocenters. The van der Waals surface area contributed by atoms with Crippen molar-refractivity contribution in [3.05, 3.63) is 58.1 Å². The van der Waals surface area contributed by atoms with E-state index >= 15 is 0 Å². The predicted molar refractivity (Wildman–Crippen MR) is 82.8 cm³/mol. The third-order valence-corrected chi connectivity index (χ3v) is 4.02. The monoisotopic (exact) mass is 307 g/mol. The molecule has 0 amide bonds. The molecule has 2 nitrogen and oxygen atoms in total. The lowest BCUT2D eigenvalue weighted by Crippen LogP contribution is -2.15. The largest absolute Gasteiger partial charge is 0.456 e. The van der Waals surface area contributed by atoms with Crippen LogP contribution >= 0.6 is 23.2 Å². The van der Waals surface area contributed by atoms with E-state index in [0.717, 1.165) is 12.3 Å². The fourth-order valence-corrected chi connectivity index (χ4v) is 2.29. The Kier molecular flexibility index (Phi) is 4.16. The minimum Gasteiger partial charge on any atom is -0.456 e. The quantitative estimate of drug-likeness (QED) is 0.835. The normalized spacial score (nSPS) is 14.3. The van der Waals surface area contributed by atoms with E-state index in [4.69, 9.17) is 27.9 Å². The van der Waals surface area contributed by atoms with Crippen LogP contribution in [0.4, 0.5) is 0 Å². The first-order valence-corrected chi connectivity index (χ1v) is 7.42. The van der Waals surface area contributed by atoms with E-state index in [1.807, 2.05) is 30.3 Å². The predicted octanol–water partition coefficient (Wildman–Crippen LogP) is 5.04. The number of nitrogens with one attached hydrogen (secondary N) is 1. The topological polar surface area (TPSA) is 21.3 Å². The third-order valence-electron chi connectivity index (χ3n) is 3.21. The number of ether oxygens (including phenoxy) is 1. The molecule has 0 radical (unpaired) electrons. The van der Waals surface area contributed by atoms with Gasteiger partial charge in [-0.1, -0.05) is 41.4 Å². The van der Waals surface area contributed by atoms with E-state index in [1.165, 1.54) is 18.4 Å². The Balaban J connectivity index is 1.72. The van der Waals surface area contributed by atoms with E-state index in [9.17, 15) is 0 Å². The van der Waals surface area contributed by atoms with Crippen molar-refractivity contribution in [2.45, 2.75) is 25.4 Å². The molecule has 1 fully saturated rings. The second-order valence-electron chi connectivity index (χ2n) is 4.96. The molecule has 104 valence electrons. The second-order valence-corrected chi connectivity index (χ2v) is 5.74. The Hall–Kier alpha value is -1.22. The Bertz CT molecular complexity index is 611. The van der Waals surface area contributed by atoms with Crippen molar-refractivity contribution in [2.24, 2.45) is 0 Å².